The number of hydrogen-bond donors (Lipinski definition) is 0. The molecule has 0 heterocycles. The summed E-state index contributed by atoms with van der Waals surface area (Å²) in [5.74, 6) is 0. The van der Waals surface area contributed by atoms with Crippen molar-refractivity contribution < 1.29 is 8.42 Å². The van der Waals surface area contributed by atoms with Gasteiger partial charge < -0.3 is 0 Å². The maximum Gasteiger partial charge on any atom is 0.171 e. The first-order chi connectivity index (χ1) is 17.7. The highest BCUT2D eigenvalue weighted by atomic mass is 127. The van der Waals surface area contributed by atoms with Crippen LogP contribution in [-0.2, 0) is 9.84 Å². The summed E-state index contributed by atoms with van der Waals surface area (Å²) in [4.78, 5) is 0. The topological polar surface area (TPSA) is 34.1 Å². The third-order valence-electron chi connectivity index (χ3n) is 5.77. The number of rotatable bonds is 8. The third kappa shape index (κ3) is 7.69. The van der Waals surface area contributed by atoms with E-state index in [0.29, 0.717) is 21.2 Å². The van der Waals surface area contributed by atoms with E-state index in [2.05, 4.69) is 45.2 Å². The second-order valence-electron chi connectivity index (χ2n) is 8.35. The zero-order valence-corrected chi connectivity index (χ0v) is 26.1. The Morgan fingerprint density at radius 1 is 0.541 bits per heavy atom. The Balaban J connectivity index is 1.81. The quantitative estimate of drug-likeness (QED) is 0.167. The summed E-state index contributed by atoms with van der Waals surface area (Å²) in [7, 11) is -3.81. The number of halogens is 4. The van der Waals surface area contributed by atoms with Crippen LogP contribution in [0.2, 0.25) is 10.0 Å². The molecule has 0 radical (unpaired) electrons. The Hall–Kier alpha value is -1.65. The van der Waals surface area contributed by atoms with Crippen molar-refractivity contribution in [2.45, 2.75) is 10.5 Å². The van der Waals surface area contributed by atoms with E-state index in [-0.39, 0.29) is 0 Å². The maximum absolute atomic E-state index is 14.4. The lowest BCUT2D eigenvalue weighted by Crippen LogP contribution is -2.19. The van der Waals surface area contributed by atoms with Crippen LogP contribution in [-0.4, -0.2) is 8.42 Å². The summed E-state index contributed by atoms with van der Waals surface area (Å²) in [5, 5.41) is -0.694. The summed E-state index contributed by atoms with van der Waals surface area (Å²) < 4.78 is 31.0. The first kappa shape index (κ1) is 28.4. The fourth-order valence-corrected chi connectivity index (χ4v) is 6.78. The van der Waals surface area contributed by atoms with Crippen molar-refractivity contribution in [3.63, 3.8) is 0 Å². The molecule has 0 bridgehead atoms. The minimum absolute atomic E-state index is 0.550. The summed E-state index contributed by atoms with van der Waals surface area (Å²) in [6, 6.07) is 29.8. The van der Waals surface area contributed by atoms with E-state index in [0.717, 1.165) is 18.3 Å². The Kier molecular flexibility index (Phi) is 9.91. The fourth-order valence-electron chi connectivity index (χ4n) is 3.83. The molecule has 4 rings (SSSR count). The molecule has 0 aliphatic heterocycles. The molecule has 0 amide bonds. The van der Waals surface area contributed by atoms with Crippen LogP contribution in [0.5, 0.6) is 0 Å². The molecule has 0 spiro atoms. The number of sulfone groups is 1. The van der Waals surface area contributed by atoms with Crippen LogP contribution >= 0.6 is 68.4 Å². The zero-order valence-electron chi connectivity index (χ0n) is 19.4. The van der Waals surface area contributed by atoms with E-state index < -0.39 is 20.3 Å². The highest BCUT2D eigenvalue weighted by molar-refractivity contribution is 14.1. The van der Waals surface area contributed by atoms with Crippen molar-refractivity contribution >= 4 is 90.4 Å². The molecule has 0 fully saturated rings. The summed E-state index contributed by atoms with van der Waals surface area (Å²) >= 11 is 16.7. The Bertz CT molecular complexity index is 1390. The molecule has 4 aromatic carbocycles. The van der Waals surface area contributed by atoms with Crippen molar-refractivity contribution in [2.24, 2.45) is 0 Å². The molecule has 0 aliphatic carbocycles. The van der Waals surface area contributed by atoms with Crippen molar-refractivity contribution in [3.8, 4) is 0 Å². The smallest absolute Gasteiger partial charge is 0.171 e. The zero-order chi connectivity index (χ0) is 26.4. The second-order valence-corrected chi connectivity index (χ2v) is 13.9. The normalized spacial score (nSPS) is 13.7. The van der Waals surface area contributed by atoms with Crippen LogP contribution in [0.3, 0.4) is 0 Å². The van der Waals surface area contributed by atoms with Gasteiger partial charge >= 0.3 is 0 Å². The predicted octanol–water partition coefficient (Wildman–Crippen LogP) is 9.83. The number of hydrogen-bond acceptors (Lipinski definition) is 2. The molecule has 0 N–H and O–H groups in total. The molecular formula is C30H22Cl2I2O2S. The van der Waals surface area contributed by atoms with Crippen molar-refractivity contribution in [3.05, 3.63) is 149 Å². The molecule has 188 valence electrons. The van der Waals surface area contributed by atoms with Crippen LogP contribution in [0.1, 0.15) is 32.8 Å². The van der Waals surface area contributed by atoms with Gasteiger partial charge in [-0.15, -0.1) is 0 Å². The van der Waals surface area contributed by atoms with Crippen LogP contribution in [0.4, 0.5) is 0 Å². The van der Waals surface area contributed by atoms with Crippen molar-refractivity contribution in [1.82, 2.24) is 0 Å². The van der Waals surface area contributed by atoms with Gasteiger partial charge in [0.25, 0.3) is 0 Å². The molecule has 2 atom stereocenters. The minimum atomic E-state index is -3.81. The van der Waals surface area contributed by atoms with Crippen LogP contribution in [0.25, 0.3) is 12.2 Å². The molecule has 2 unspecified atom stereocenters. The van der Waals surface area contributed by atoms with E-state index in [1.807, 2.05) is 60.7 Å². The molecule has 37 heavy (non-hydrogen) atoms. The van der Waals surface area contributed by atoms with Gasteiger partial charge in [-0.3, -0.25) is 0 Å². The largest absolute Gasteiger partial charge is 0.227 e. The van der Waals surface area contributed by atoms with Gasteiger partial charge in [0.1, 0.15) is 10.5 Å². The maximum atomic E-state index is 14.4. The second kappa shape index (κ2) is 12.9. The average molecular weight is 771 g/mol. The van der Waals surface area contributed by atoms with Crippen LogP contribution in [0.15, 0.2) is 109 Å². The van der Waals surface area contributed by atoms with Gasteiger partial charge in [-0.25, -0.2) is 8.42 Å². The van der Waals surface area contributed by atoms with Gasteiger partial charge in [0.2, 0.25) is 0 Å². The lowest BCUT2D eigenvalue weighted by molar-refractivity contribution is 0.584. The van der Waals surface area contributed by atoms with Crippen molar-refractivity contribution in [2.75, 3.05) is 0 Å². The van der Waals surface area contributed by atoms with E-state index in [1.54, 1.807) is 60.7 Å². The molecule has 2 nitrogen and oxygen atoms in total. The molecule has 0 saturated carbocycles. The summed E-state index contributed by atoms with van der Waals surface area (Å²) in [6.07, 6.45) is 7.22. The standard InChI is InChI=1S/C30H22Cl2I2O2S/c31-25-11-7-23(8-12-25)29(19-5-21-1-15-27(33)16-2-21)37(35,36)30(24-9-13-26(32)14-10-24)20-6-22-3-17-28(34)18-4-22/h1-20,29-30H/b19-5+,20-6+. The fraction of sp³-hybridized carbons (Fsp3) is 0.0667. The third-order valence-corrected chi connectivity index (χ3v) is 9.99. The van der Waals surface area contributed by atoms with Gasteiger partial charge in [-0.05, 0) is 116 Å². The molecule has 7 heteroatoms. The Labute approximate surface area is 255 Å². The van der Waals surface area contributed by atoms with E-state index in [9.17, 15) is 8.42 Å². The average Bonchev–Trinajstić information content (AvgIpc) is 2.88. The lowest BCUT2D eigenvalue weighted by Gasteiger charge is -2.22. The van der Waals surface area contributed by atoms with Gasteiger partial charge in [-0.1, -0.05) is 96.0 Å². The monoisotopic (exact) mass is 770 g/mol. The molecule has 0 aliphatic rings. The molecule has 0 aromatic heterocycles. The Morgan fingerprint density at radius 2 is 0.865 bits per heavy atom. The minimum Gasteiger partial charge on any atom is -0.227 e. The van der Waals surface area contributed by atoms with E-state index >= 15 is 0 Å². The van der Waals surface area contributed by atoms with Gasteiger partial charge in [0, 0.05) is 17.2 Å². The SMILES string of the molecule is O=S(=O)(C(/C=C/c1ccc(I)cc1)c1ccc(Cl)cc1)C(/C=C/c1ccc(I)cc1)c1ccc(Cl)cc1. The molecular weight excluding hydrogens is 749 g/mol. The number of benzene rings is 4. The summed E-state index contributed by atoms with van der Waals surface area (Å²) in [6.45, 7) is 0. The highest BCUT2D eigenvalue weighted by Crippen LogP contribution is 2.38. The van der Waals surface area contributed by atoms with Crippen LogP contribution < -0.4 is 0 Å². The predicted molar refractivity (Wildman–Crippen MR) is 174 cm³/mol. The Morgan fingerprint density at radius 3 is 1.19 bits per heavy atom. The summed E-state index contributed by atoms with van der Waals surface area (Å²) in [5.41, 5.74) is 3.14. The first-order valence-corrected chi connectivity index (χ1v) is 15.9. The molecule has 4 aromatic rings. The lowest BCUT2D eigenvalue weighted by atomic mass is 10.1. The van der Waals surface area contributed by atoms with Crippen molar-refractivity contribution in [1.29, 1.82) is 0 Å². The highest BCUT2D eigenvalue weighted by Gasteiger charge is 2.33. The first-order valence-electron chi connectivity index (χ1n) is 11.3. The van der Waals surface area contributed by atoms with E-state index in [1.165, 1.54) is 0 Å². The van der Waals surface area contributed by atoms with E-state index in [4.69, 9.17) is 23.2 Å². The molecule has 0 saturated heterocycles. The van der Waals surface area contributed by atoms with Gasteiger partial charge in [0.05, 0.1) is 0 Å². The van der Waals surface area contributed by atoms with Gasteiger partial charge in [0.15, 0.2) is 9.84 Å². The van der Waals surface area contributed by atoms with Crippen LogP contribution in [0, 0.1) is 7.14 Å². The van der Waals surface area contributed by atoms with Gasteiger partial charge in [-0.2, -0.15) is 0 Å².